The molecule has 1 N–H and O–H groups in total. The summed E-state index contributed by atoms with van der Waals surface area (Å²) in [4.78, 5) is 17.2. The van der Waals surface area contributed by atoms with Gasteiger partial charge in [-0.25, -0.2) is 4.39 Å². The van der Waals surface area contributed by atoms with E-state index in [1.807, 2.05) is 0 Å². The van der Waals surface area contributed by atoms with Gasteiger partial charge in [0.25, 0.3) is 5.91 Å². The number of aromatic nitrogens is 1. The molecule has 0 radical (unpaired) electrons. The number of amides is 1. The Labute approximate surface area is 92.7 Å². The van der Waals surface area contributed by atoms with Gasteiger partial charge in [-0.1, -0.05) is 0 Å². The second kappa shape index (κ2) is 4.57. The van der Waals surface area contributed by atoms with Gasteiger partial charge in [-0.15, -0.1) is 0 Å². The Morgan fingerprint density at radius 2 is 2.12 bits per heavy atom. The maximum absolute atomic E-state index is 12.9. The molecular formula is C11H13FN2O2. The molecule has 1 fully saturated rings. The molecule has 0 atom stereocenters. The number of carbonyl (C=O) groups excluding carboxylic acids is 1. The SMILES string of the molecule is O=C(c1cncc(F)c1)N1CCC(O)CC1. The van der Waals surface area contributed by atoms with Crippen molar-refractivity contribution >= 4 is 5.91 Å². The highest BCUT2D eigenvalue weighted by Gasteiger charge is 2.22. The third kappa shape index (κ3) is 2.36. The normalized spacial score (nSPS) is 17.5. The van der Waals surface area contributed by atoms with E-state index in [4.69, 9.17) is 0 Å². The predicted molar refractivity (Wildman–Crippen MR) is 55.3 cm³/mol. The fraction of sp³-hybridized carbons (Fsp3) is 0.455. The van der Waals surface area contributed by atoms with E-state index in [1.54, 1.807) is 4.90 Å². The third-order valence-electron chi connectivity index (χ3n) is 2.70. The smallest absolute Gasteiger partial charge is 0.255 e. The van der Waals surface area contributed by atoms with Gasteiger partial charge in [0, 0.05) is 19.3 Å². The largest absolute Gasteiger partial charge is 0.393 e. The number of hydrogen-bond acceptors (Lipinski definition) is 3. The number of rotatable bonds is 1. The first-order chi connectivity index (χ1) is 7.66. The molecule has 4 nitrogen and oxygen atoms in total. The molecule has 0 spiro atoms. The number of hydrogen-bond donors (Lipinski definition) is 1. The molecule has 0 aliphatic carbocycles. The van der Waals surface area contributed by atoms with Gasteiger partial charge in [-0.2, -0.15) is 0 Å². The number of nitrogens with zero attached hydrogens (tertiary/aromatic N) is 2. The number of likely N-dealkylation sites (tertiary alicyclic amines) is 1. The van der Waals surface area contributed by atoms with Crippen LogP contribution < -0.4 is 0 Å². The van der Waals surface area contributed by atoms with Crippen LogP contribution in [-0.4, -0.2) is 40.1 Å². The predicted octanol–water partition coefficient (Wildman–Crippen LogP) is 0.818. The van der Waals surface area contributed by atoms with Crippen LogP contribution in [0.15, 0.2) is 18.5 Å². The number of carbonyl (C=O) groups is 1. The third-order valence-corrected chi connectivity index (χ3v) is 2.70. The summed E-state index contributed by atoms with van der Waals surface area (Å²) in [5, 5.41) is 9.31. The van der Waals surface area contributed by atoms with Crippen molar-refractivity contribution in [2.75, 3.05) is 13.1 Å². The van der Waals surface area contributed by atoms with Crippen LogP contribution in [0.2, 0.25) is 0 Å². The Bertz CT molecular complexity index is 389. The Hall–Kier alpha value is -1.49. The zero-order valence-corrected chi connectivity index (χ0v) is 8.77. The van der Waals surface area contributed by atoms with Crippen LogP contribution in [0.5, 0.6) is 0 Å². The van der Waals surface area contributed by atoms with Gasteiger partial charge in [0.15, 0.2) is 0 Å². The quantitative estimate of drug-likeness (QED) is 0.768. The molecule has 1 amide bonds. The Balaban J connectivity index is 2.08. The fourth-order valence-corrected chi connectivity index (χ4v) is 1.78. The first kappa shape index (κ1) is 11.0. The van der Waals surface area contributed by atoms with Crippen LogP contribution in [0.25, 0.3) is 0 Å². The zero-order chi connectivity index (χ0) is 11.5. The summed E-state index contributed by atoms with van der Waals surface area (Å²) >= 11 is 0. The maximum atomic E-state index is 12.9. The molecular weight excluding hydrogens is 211 g/mol. The van der Waals surface area contributed by atoms with Crippen molar-refractivity contribution in [1.82, 2.24) is 9.88 Å². The van der Waals surface area contributed by atoms with Crippen LogP contribution in [0.3, 0.4) is 0 Å². The molecule has 2 heterocycles. The lowest BCUT2D eigenvalue weighted by atomic mass is 10.1. The summed E-state index contributed by atoms with van der Waals surface area (Å²) in [7, 11) is 0. The minimum Gasteiger partial charge on any atom is -0.393 e. The van der Waals surface area contributed by atoms with Crippen LogP contribution >= 0.6 is 0 Å². The van der Waals surface area contributed by atoms with E-state index in [-0.39, 0.29) is 17.6 Å². The topological polar surface area (TPSA) is 53.4 Å². The van der Waals surface area contributed by atoms with Crippen LogP contribution in [0.4, 0.5) is 4.39 Å². The van der Waals surface area contributed by atoms with Crippen molar-refractivity contribution in [3.63, 3.8) is 0 Å². The van der Waals surface area contributed by atoms with Gasteiger partial charge in [-0.05, 0) is 18.9 Å². The van der Waals surface area contributed by atoms with Crippen molar-refractivity contribution in [1.29, 1.82) is 0 Å². The zero-order valence-electron chi connectivity index (χ0n) is 8.77. The highest BCUT2D eigenvalue weighted by atomic mass is 19.1. The Morgan fingerprint density at radius 1 is 1.44 bits per heavy atom. The van der Waals surface area contributed by atoms with Gasteiger partial charge in [0.1, 0.15) is 5.82 Å². The molecule has 0 bridgehead atoms. The second-order valence-corrected chi connectivity index (χ2v) is 3.92. The van der Waals surface area contributed by atoms with Crippen LogP contribution in [0, 0.1) is 5.82 Å². The summed E-state index contributed by atoms with van der Waals surface area (Å²) < 4.78 is 12.9. The standard InChI is InChI=1S/C11H13FN2O2/c12-9-5-8(6-13-7-9)11(16)14-3-1-10(15)2-4-14/h5-7,10,15H,1-4H2. The summed E-state index contributed by atoms with van der Waals surface area (Å²) in [6.07, 6.45) is 3.26. The van der Waals surface area contributed by atoms with Crippen LogP contribution in [-0.2, 0) is 0 Å². The molecule has 1 aromatic rings. The molecule has 5 heteroatoms. The molecule has 1 aliphatic rings. The molecule has 86 valence electrons. The minimum absolute atomic E-state index is 0.223. The van der Waals surface area contributed by atoms with E-state index in [2.05, 4.69) is 4.98 Å². The van der Waals surface area contributed by atoms with Crippen molar-refractivity contribution in [2.45, 2.75) is 18.9 Å². The lowest BCUT2D eigenvalue weighted by molar-refractivity contribution is 0.0545. The van der Waals surface area contributed by atoms with Gasteiger partial charge < -0.3 is 10.0 Å². The number of aliphatic hydroxyl groups excluding tert-OH is 1. The molecule has 0 aromatic carbocycles. The molecule has 16 heavy (non-hydrogen) atoms. The first-order valence-electron chi connectivity index (χ1n) is 5.24. The van der Waals surface area contributed by atoms with E-state index in [9.17, 15) is 14.3 Å². The molecule has 0 saturated carbocycles. The van der Waals surface area contributed by atoms with E-state index in [0.717, 1.165) is 6.20 Å². The van der Waals surface area contributed by atoms with Crippen LogP contribution in [0.1, 0.15) is 23.2 Å². The minimum atomic E-state index is -0.511. The van der Waals surface area contributed by atoms with Crippen molar-refractivity contribution in [2.24, 2.45) is 0 Å². The van der Waals surface area contributed by atoms with Crippen molar-refractivity contribution in [3.8, 4) is 0 Å². The van der Waals surface area contributed by atoms with Crippen molar-refractivity contribution in [3.05, 3.63) is 29.8 Å². The number of pyridine rings is 1. The average molecular weight is 224 g/mol. The van der Waals surface area contributed by atoms with Crippen molar-refractivity contribution < 1.29 is 14.3 Å². The van der Waals surface area contributed by atoms with E-state index in [0.29, 0.717) is 25.9 Å². The van der Waals surface area contributed by atoms with E-state index in [1.165, 1.54) is 12.3 Å². The Kier molecular flexibility index (Phi) is 3.14. The number of halogens is 1. The summed E-state index contributed by atoms with van der Waals surface area (Å²) in [6.45, 7) is 1.02. The summed E-state index contributed by atoms with van der Waals surface area (Å²) in [5.74, 6) is -0.734. The lowest BCUT2D eigenvalue weighted by Gasteiger charge is -2.29. The highest BCUT2D eigenvalue weighted by molar-refractivity contribution is 5.93. The van der Waals surface area contributed by atoms with E-state index < -0.39 is 5.82 Å². The molecule has 1 aromatic heterocycles. The maximum Gasteiger partial charge on any atom is 0.255 e. The average Bonchev–Trinajstić information content (AvgIpc) is 2.29. The first-order valence-corrected chi connectivity index (χ1v) is 5.24. The summed E-state index contributed by atoms with van der Waals surface area (Å²) in [6, 6.07) is 1.18. The monoisotopic (exact) mass is 224 g/mol. The number of aliphatic hydroxyl groups is 1. The fourth-order valence-electron chi connectivity index (χ4n) is 1.78. The molecule has 0 unspecified atom stereocenters. The van der Waals surface area contributed by atoms with Gasteiger partial charge in [0.05, 0.1) is 17.9 Å². The number of piperidine rings is 1. The van der Waals surface area contributed by atoms with Gasteiger partial charge in [0.2, 0.25) is 0 Å². The molecule has 1 aliphatic heterocycles. The summed E-state index contributed by atoms with van der Waals surface area (Å²) in [5.41, 5.74) is 0.261. The lowest BCUT2D eigenvalue weighted by Crippen LogP contribution is -2.40. The Morgan fingerprint density at radius 3 is 2.75 bits per heavy atom. The van der Waals surface area contributed by atoms with Gasteiger partial charge >= 0.3 is 0 Å². The highest BCUT2D eigenvalue weighted by Crippen LogP contribution is 2.13. The van der Waals surface area contributed by atoms with Gasteiger partial charge in [-0.3, -0.25) is 9.78 Å². The second-order valence-electron chi connectivity index (χ2n) is 3.92. The van der Waals surface area contributed by atoms with E-state index >= 15 is 0 Å². The molecule has 2 rings (SSSR count). The molecule has 1 saturated heterocycles.